The molecule has 0 radical (unpaired) electrons. The Morgan fingerprint density at radius 1 is 1.14 bits per heavy atom. The molecule has 0 atom stereocenters. The Hall–Kier alpha value is -2.87. The largest absolute Gasteiger partial charge is 0.479 e. The molecule has 1 N–H and O–H groups in total. The third-order valence-electron chi connectivity index (χ3n) is 5.36. The molecule has 3 rings (SSSR count). The second kappa shape index (κ2) is 9.09. The number of hydrogen-bond acceptors (Lipinski definition) is 5. The van der Waals surface area contributed by atoms with E-state index in [-0.39, 0.29) is 11.8 Å². The summed E-state index contributed by atoms with van der Waals surface area (Å²) in [6, 6.07) is 5.74. The van der Waals surface area contributed by atoms with Crippen LogP contribution in [-0.2, 0) is 7.05 Å². The van der Waals surface area contributed by atoms with E-state index in [2.05, 4.69) is 15.3 Å². The van der Waals surface area contributed by atoms with E-state index < -0.39 is 0 Å². The van der Waals surface area contributed by atoms with Gasteiger partial charge in [-0.05, 0) is 37.1 Å². The van der Waals surface area contributed by atoms with Gasteiger partial charge in [0.25, 0.3) is 11.8 Å². The lowest BCUT2D eigenvalue weighted by Crippen LogP contribution is -2.50. The molecular weight excluding hydrogens is 370 g/mol. The van der Waals surface area contributed by atoms with Crippen molar-refractivity contribution in [3.63, 3.8) is 0 Å². The van der Waals surface area contributed by atoms with Crippen LogP contribution in [0.25, 0.3) is 0 Å². The summed E-state index contributed by atoms with van der Waals surface area (Å²) in [7, 11) is 3.28. The number of benzene rings is 1. The summed E-state index contributed by atoms with van der Waals surface area (Å²) in [6.45, 7) is 8.20. The zero-order valence-electron chi connectivity index (χ0n) is 17.6. The molecule has 1 aromatic heterocycles. The summed E-state index contributed by atoms with van der Waals surface area (Å²) in [4.78, 5) is 29.1. The lowest BCUT2D eigenvalue weighted by molar-refractivity contribution is 0.0635. The van der Waals surface area contributed by atoms with Crippen LogP contribution in [0.3, 0.4) is 0 Å². The maximum atomic E-state index is 12.7. The fourth-order valence-corrected chi connectivity index (χ4v) is 3.42. The Morgan fingerprint density at radius 2 is 1.86 bits per heavy atom. The number of carbonyl (C=O) groups excluding carboxylic acids is 2. The maximum absolute atomic E-state index is 12.7. The smallest absolute Gasteiger partial charge is 0.261 e. The van der Waals surface area contributed by atoms with Crippen LogP contribution in [0, 0.1) is 13.8 Å². The standard InChI is InChI=1S/C21H29N5O3/c1-15-5-6-17(13-16(15)2)19(27)22-7-8-25-9-11-26(12-10-25)21(28)18-14-24(3)23-20(18)29-4/h5-6,13-14H,7-12H2,1-4H3,(H,22,27). The summed E-state index contributed by atoms with van der Waals surface area (Å²) in [5.74, 6) is 0.247. The second-order valence-corrected chi connectivity index (χ2v) is 7.41. The van der Waals surface area contributed by atoms with Crippen LogP contribution in [0.2, 0.25) is 0 Å². The van der Waals surface area contributed by atoms with Crippen LogP contribution in [0.15, 0.2) is 24.4 Å². The average molecular weight is 399 g/mol. The molecule has 0 spiro atoms. The summed E-state index contributed by atoms with van der Waals surface area (Å²) in [6.07, 6.45) is 1.69. The molecule has 1 fully saturated rings. The van der Waals surface area contributed by atoms with Gasteiger partial charge in [0, 0.05) is 58.1 Å². The third kappa shape index (κ3) is 4.95. The fourth-order valence-electron chi connectivity index (χ4n) is 3.42. The Morgan fingerprint density at radius 3 is 2.52 bits per heavy atom. The third-order valence-corrected chi connectivity index (χ3v) is 5.36. The maximum Gasteiger partial charge on any atom is 0.261 e. The van der Waals surface area contributed by atoms with Gasteiger partial charge >= 0.3 is 0 Å². The van der Waals surface area contributed by atoms with Crippen molar-refractivity contribution in [2.75, 3.05) is 46.4 Å². The molecule has 1 aliphatic rings. The van der Waals surface area contributed by atoms with Crippen LogP contribution < -0.4 is 10.1 Å². The van der Waals surface area contributed by atoms with Crippen molar-refractivity contribution in [1.29, 1.82) is 0 Å². The van der Waals surface area contributed by atoms with Gasteiger partial charge in [-0.3, -0.25) is 19.2 Å². The quantitative estimate of drug-likeness (QED) is 0.791. The molecule has 1 aromatic carbocycles. The van der Waals surface area contributed by atoms with E-state index in [1.165, 1.54) is 12.7 Å². The number of hydrogen-bond donors (Lipinski definition) is 1. The summed E-state index contributed by atoms with van der Waals surface area (Å²) < 4.78 is 6.78. The number of aryl methyl sites for hydroxylation is 3. The molecule has 0 bridgehead atoms. The zero-order chi connectivity index (χ0) is 21.0. The fraction of sp³-hybridized carbons (Fsp3) is 0.476. The van der Waals surface area contributed by atoms with Crippen molar-refractivity contribution in [1.82, 2.24) is 24.9 Å². The molecule has 1 saturated heterocycles. The van der Waals surface area contributed by atoms with Crippen molar-refractivity contribution in [2.24, 2.45) is 7.05 Å². The van der Waals surface area contributed by atoms with Gasteiger partial charge < -0.3 is 15.0 Å². The molecule has 156 valence electrons. The monoisotopic (exact) mass is 399 g/mol. The number of nitrogens with zero attached hydrogens (tertiary/aromatic N) is 4. The lowest BCUT2D eigenvalue weighted by Gasteiger charge is -2.34. The van der Waals surface area contributed by atoms with Crippen molar-refractivity contribution in [3.8, 4) is 5.88 Å². The predicted octanol–water partition coefficient (Wildman–Crippen LogP) is 1.23. The number of carbonyl (C=O) groups is 2. The second-order valence-electron chi connectivity index (χ2n) is 7.41. The van der Waals surface area contributed by atoms with E-state index >= 15 is 0 Å². The summed E-state index contributed by atoms with van der Waals surface area (Å²) in [5, 5.41) is 7.13. The van der Waals surface area contributed by atoms with Crippen LogP contribution in [0.4, 0.5) is 0 Å². The molecular formula is C21H29N5O3. The van der Waals surface area contributed by atoms with E-state index in [1.54, 1.807) is 17.9 Å². The number of amides is 2. The molecule has 8 heteroatoms. The highest BCUT2D eigenvalue weighted by molar-refractivity contribution is 5.96. The highest BCUT2D eigenvalue weighted by Gasteiger charge is 2.26. The van der Waals surface area contributed by atoms with Crippen molar-refractivity contribution < 1.29 is 14.3 Å². The van der Waals surface area contributed by atoms with Crippen LogP contribution >= 0.6 is 0 Å². The number of nitrogens with one attached hydrogen (secondary N) is 1. The lowest BCUT2D eigenvalue weighted by atomic mass is 10.1. The molecule has 29 heavy (non-hydrogen) atoms. The minimum atomic E-state index is -0.0577. The average Bonchev–Trinajstić information content (AvgIpc) is 3.10. The number of rotatable bonds is 6. The molecule has 2 amide bonds. The van der Waals surface area contributed by atoms with E-state index in [9.17, 15) is 9.59 Å². The van der Waals surface area contributed by atoms with Gasteiger partial charge in [-0.15, -0.1) is 5.10 Å². The van der Waals surface area contributed by atoms with Gasteiger partial charge in [-0.25, -0.2) is 0 Å². The first-order valence-corrected chi connectivity index (χ1v) is 9.83. The summed E-state index contributed by atoms with van der Waals surface area (Å²) in [5.41, 5.74) is 3.47. The number of aromatic nitrogens is 2. The highest BCUT2D eigenvalue weighted by atomic mass is 16.5. The van der Waals surface area contributed by atoms with Gasteiger partial charge in [-0.2, -0.15) is 0 Å². The molecule has 0 aliphatic carbocycles. The van der Waals surface area contributed by atoms with Gasteiger partial charge in [0.1, 0.15) is 5.56 Å². The molecule has 2 aromatic rings. The van der Waals surface area contributed by atoms with E-state index in [0.29, 0.717) is 36.6 Å². The Balaban J connectivity index is 1.44. The van der Waals surface area contributed by atoms with Crippen LogP contribution in [-0.4, -0.2) is 77.8 Å². The number of piperazine rings is 1. The summed E-state index contributed by atoms with van der Waals surface area (Å²) >= 11 is 0. The normalized spacial score (nSPS) is 14.7. The van der Waals surface area contributed by atoms with Gasteiger partial charge in [0.2, 0.25) is 5.88 Å². The van der Waals surface area contributed by atoms with E-state index in [4.69, 9.17) is 4.74 Å². The Labute approximate surface area is 171 Å². The molecule has 2 heterocycles. The van der Waals surface area contributed by atoms with Gasteiger partial charge in [-0.1, -0.05) is 6.07 Å². The highest BCUT2D eigenvalue weighted by Crippen LogP contribution is 2.18. The van der Waals surface area contributed by atoms with Crippen molar-refractivity contribution >= 4 is 11.8 Å². The minimum Gasteiger partial charge on any atom is -0.479 e. The molecule has 0 unspecified atom stereocenters. The number of methoxy groups -OCH3 is 1. The first-order chi connectivity index (χ1) is 13.9. The first kappa shape index (κ1) is 20.9. The van der Waals surface area contributed by atoms with Gasteiger partial charge in [0.05, 0.1) is 7.11 Å². The molecule has 0 saturated carbocycles. The SMILES string of the molecule is COc1nn(C)cc1C(=O)N1CCN(CCNC(=O)c2ccc(C)c(C)c2)CC1. The van der Waals surface area contributed by atoms with Gasteiger partial charge in [0.15, 0.2) is 0 Å². The van der Waals surface area contributed by atoms with Crippen molar-refractivity contribution in [2.45, 2.75) is 13.8 Å². The van der Waals surface area contributed by atoms with Crippen LogP contribution in [0.1, 0.15) is 31.8 Å². The van der Waals surface area contributed by atoms with Crippen molar-refractivity contribution in [3.05, 3.63) is 46.6 Å². The predicted molar refractivity (Wildman–Crippen MR) is 110 cm³/mol. The van der Waals surface area contributed by atoms with Crippen LogP contribution in [0.5, 0.6) is 5.88 Å². The van der Waals surface area contributed by atoms with E-state index in [1.807, 2.05) is 36.9 Å². The zero-order valence-corrected chi connectivity index (χ0v) is 17.6. The Bertz CT molecular complexity index is 884. The molecule has 1 aliphatic heterocycles. The Kier molecular flexibility index (Phi) is 6.53. The van der Waals surface area contributed by atoms with E-state index in [0.717, 1.165) is 25.2 Å². The minimum absolute atomic E-state index is 0.0504. The molecule has 8 nitrogen and oxygen atoms in total. The first-order valence-electron chi connectivity index (χ1n) is 9.83. The number of ether oxygens (including phenoxy) is 1. The topological polar surface area (TPSA) is 79.7 Å².